The van der Waals surface area contributed by atoms with Crippen LogP contribution in [0.1, 0.15) is 29.8 Å². The number of amides is 1. The summed E-state index contributed by atoms with van der Waals surface area (Å²) in [5.41, 5.74) is 7.74. The van der Waals surface area contributed by atoms with E-state index in [9.17, 15) is 13.6 Å². The summed E-state index contributed by atoms with van der Waals surface area (Å²) in [7, 11) is 0. The van der Waals surface area contributed by atoms with E-state index in [1.807, 2.05) is 13.8 Å². The lowest BCUT2D eigenvalue weighted by Crippen LogP contribution is -2.20. The van der Waals surface area contributed by atoms with Gasteiger partial charge in [-0.3, -0.25) is 9.78 Å². The van der Waals surface area contributed by atoms with Crippen molar-refractivity contribution < 1.29 is 13.6 Å². The minimum absolute atomic E-state index is 0.0581. The summed E-state index contributed by atoms with van der Waals surface area (Å²) in [6, 6.07) is 6.62. The van der Waals surface area contributed by atoms with Gasteiger partial charge in [0.15, 0.2) is 0 Å². The number of nitrogens with two attached hydrogens (primary N) is 1. The maximum Gasteiger partial charge on any atom is 0.278 e. The Morgan fingerprint density at radius 1 is 1.18 bits per heavy atom. The van der Waals surface area contributed by atoms with Gasteiger partial charge in [-0.15, -0.1) is 0 Å². The highest BCUT2D eigenvalue weighted by Gasteiger charge is 2.19. The first-order valence-corrected chi connectivity index (χ1v) is 8.99. The number of rotatable bonds is 3. The number of carbonyl (C=O) groups excluding carboxylic acids is 1. The van der Waals surface area contributed by atoms with Crippen molar-refractivity contribution in [1.82, 2.24) is 4.98 Å². The van der Waals surface area contributed by atoms with Gasteiger partial charge in [-0.1, -0.05) is 25.4 Å². The number of benzene rings is 2. The number of fused-ring (bicyclic) bond motifs is 1. The summed E-state index contributed by atoms with van der Waals surface area (Å²) >= 11 is 6.14. The van der Waals surface area contributed by atoms with Crippen LogP contribution < -0.4 is 5.73 Å². The van der Waals surface area contributed by atoms with Gasteiger partial charge < -0.3 is 5.73 Å². The summed E-state index contributed by atoms with van der Waals surface area (Å²) in [6.45, 7) is 5.40. The molecule has 0 spiro atoms. The molecule has 2 aromatic carbocycles. The molecule has 0 aliphatic carbocycles. The van der Waals surface area contributed by atoms with E-state index < -0.39 is 17.5 Å². The van der Waals surface area contributed by atoms with Crippen molar-refractivity contribution in [3.63, 3.8) is 0 Å². The van der Waals surface area contributed by atoms with Gasteiger partial charge >= 0.3 is 0 Å². The number of hydrogen-bond acceptors (Lipinski definition) is 2. The van der Waals surface area contributed by atoms with E-state index in [-0.39, 0.29) is 27.9 Å². The minimum atomic E-state index is -0.792. The zero-order chi connectivity index (χ0) is 20.6. The highest BCUT2D eigenvalue weighted by molar-refractivity contribution is 6.33. The van der Waals surface area contributed by atoms with Gasteiger partial charge in [0.25, 0.3) is 5.91 Å². The number of carbonyl (C=O) groups is 1. The number of halogens is 3. The molecule has 0 saturated heterocycles. The van der Waals surface area contributed by atoms with Crippen molar-refractivity contribution in [2.75, 3.05) is 0 Å². The van der Waals surface area contributed by atoms with Gasteiger partial charge in [0.05, 0.1) is 10.5 Å². The van der Waals surface area contributed by atoms with Crippen molar-refractivity contribution in [3.05, 3.63) is 64.3 Å². The second kappa shape index (κ2) is 7.64. The fraction of sp³-hybridized carbons (Fsp3) is 0.190. The summed E-state index contributed by atoms with van der Waals surface area (Å²) in [5, 5.41) is 0.448. The Hall–Kier alpha value is -2.86. The van der Waals surface area contributed by atoms with E-state index in [1.165, 1.54) is 0 Å². The van der Waals surface area contributed by atoms with Crippen molar-refractivity contribution in [2.24, 2.45) is 16.6 Å². The van der Waals surface area contributed by atoms with E-state index in [0.29, 0.717) is 22.0 Å². The van der Waals surface area contributed by atoms with E-state index in [4.69, 9.17) is 17.3 Å². The molecule has 3 rings (SSSR count). The highest BCUT2D eigenvalue weighted by Crippen LogP contribution is 2.38. The van der Waals surface area contributed by atoms with Gasteiger partial charge in [-0.05, 0) is 42.3 Å². The molecule has 28 heavy (non-hydrogen) atoms. The molecule has 3 aromatic rings. The van der Waals surface area contributed by atoms with Gasteiger partial charge in [-0.25, -0.2) is 8.78 Å². The van der Waals surface area contributed by atoms with Crippen LogP contribution >= 0.6 is 11.6 Å². The summed E-state index contributed by atoms with van der Waals surface area (Å²) in [5.74, 6) is -1.92. The van der Waals surface area contributed by atoms with Crippen LogP contribution in [0.15, 0.2) is 41.5 Å². The van der Waals surface area contributed by atoms with Crippen LogP contribution in [0.3, 0.4) is 0 Å². The van der Waals surface area contributed by atoms with E-state index >= 15 is 0 Å². The number of pyridine rings is 1. The Balaban J connectivity index is 2.26. The molecule has 7 heteroatoms. The zero-order valence-corrected chi connectivity index (χ0v) is 16.3. The number of nitrogens with zero attached hydrogens (tertiary/aromatic N) is 2. The number of aliphatic imine (C=N–C) groups is 1. The van der Waals surface area contributed by atoms with E-state index in [1.54, 1.807) is 31.3 Å². The third-order valence-electron chi connectivity index (χ3n) is 4.38. The number of amidine groups is 1. The number of hydrogen-bond donors (Lipinski definition) is 1. The average Bonchev–Trinajstić information content (AvgIpc) is 2.62. The first-order chi connectivity index (χ1) is 13.2. The van der Waals surface area contributed by atoms with Crippen LogP contribution in [0.25, 0.3) is 22.0 Å². The van der Waals surface area contributed by atoms with Crippen LogP contribution in [-0.2, 0) is 0 Å². The molecule has 1 aromatic heterocycles. The van der Waals surface area contributed by atoms with E-state index in [2.05, 4.69) is 9.98 Å². The topological polar surface area (TPSA) is 68.3 Å². The molecule has 0 fully saturated rings. The van der Waals surface area contributed by atoms with Crippen molar-refractivity contribution >= 4 is 34.2 Å². The van der Waals surface area contributed by atoms with Crippen LogP contribution in [0.5, 0.6) is 0 Å². The predicted octanol–water partition coefficient (Wildman–Crippen LogP) is 5.30. The van der Waals surface area contributed by atoms with Crippen molar-refractivity contribution in [1.29, 1.82) is 0 Å². The molecule has 0 bridgehead atoms. The summed E-state index contributed by atoms with van der Waals surface area (Å²) < 4.78 is 28.1. The van der Waals surface area contributed by atoms with Crippen LogP contribution in [0.2, 0.25) is 5.02 Å². The van der Waals surface area contributed by atoms with Gasteiger partial charge in [0, 0.05) is 34.7 Å². The number of aryl methyl sites for hydroxylation is 1. The van der Waals surface area contributed by atoms with Crippen molar-refractivity contribution in [3.8, 4) is 11.1 Å². The molecule has 0 unspecified atom stereocenters. The molecule has 0 aliphatic rings. The lowest BCUT2D eigenvalue weighted by atomic mass is 9.95. The van der Waals surface area contributed by atoms with Crippen molar-refractivity contribution in [2.45, 2.75) is 20.8 Å². The largest absolute Gasteiger partial charge is 0.387 e. The Morgan fingerprint density at radius 2 is 1.89 bits per heavy atom. The lowest BCUT2D eigenvalue weighted by Gasteiger charge is -2.13. The molecular formula is C21H18ClF2N3O. The standard InChI is InChI=1S/C21H18ClF2N3O/c1-10(2)20(25)27-21(28)12-4-5-17-14(6-12)18(11(3)9-26-17)19-15(22)7-13(23)8-16(19)24/h4-10H,1-3H3,(H2,25,27,28). The minimum Gasteiger partial charge on any atom is -0.387 e. The maximum atomic E-state index is 14.6. The third kappa shape index (κ3) is 3.73. The van der Waals surface area contributed by atoms with Crippen LogP contribution in [-0.4, -0.2) is 16.7 Å². The molecule has 0 atom stereocenters. The van der Waals surface area contributed by atoms with Gasteiger partial charge in [-0.2, -0.15) is 4.99 Å². The fourth-order valence-electron chi connectivity index (χ4n) is 2.85. The Labute approximate surface area is 166 Å². The molecule has 2 N–H and O–H groups in total. The fourth-order valence-corrected chi connectivity index (χ4v) is 3.14. The molecule has 1 heterocycles. The lowest BCUT2D eigenvalue weighted by molar-refractivity contribution is 0.100. The molecule has 144 valence electrons. The average molecular weight is 402 g/mol. The first-order valence-electron chi connectivity index (χ1n) is 8.61. The van der Waals surface area contributed by atoms with E-state index in [0.717, 1.165) is 12.1 Å². The quantitative estimate of drug-likeness (QED) is 0.478. The SMILES string of the molecule is Cc1cnc2ccc(C(=O)N=C(N)C(C)C)cc2c1-c1c(F)cc(F)cc1Cl. The smallest absolute Gasteiger partial charge is 0.278 e. The van der Waals surface area contributed by atoms with Gasteiger partial charge in [0.1, 0.15) is 17.5 Å². The Morgan fingerprint density at radius 3 is 2.54 bits per heavy atom. The molecular weight excluding hydrogens is 384 g/mol. The molecule has 1 amide bonds. The maximum absolute atomic E-state index is 14.6. The summed E-state index contributed by atoms with van der Waals surface area (Å²) in [6.07, 6.45) is 1.58. The molecule has 0 aliphatic heterocycles. The second-order valence-electron chi connectivity index (χ2n) is 6.79. The highest BCUT2D eigenvalue weighted by atomic mass is 35.5. The predicted molar refractivity (Wildman–Crippen MR) is 108 cm³/mol. The number of aromatic nitrogens is 1. The molecule has 0 radical (unpaired) electrons. The second-order valence-corrected chi connectivity index (χ2v) is 7.20. The molecule has 0 saturated carbocycles. The van der Waals surface area contributed by atoms with Crippen LogP contribution in [0.4, 0.5) is 8.78 Å². The van der Waals surface area contributed by atoms with Crippen LogP contribution in [0, 0.1) is 24.5 Å². The Bertz CT molecular complexity index is 1100. The third-order valence-corrected chi connectivity index (χ3v) is 4.68. The normalized spacial score (nSPS) is 12.0. The zero-order valence-electron chi connectivity index (χ0n) is 15.6. The first kappa shape index (κ1) is 19.9. The molecule has 4 nitrogen and oxygen atoms in total. The monoisotopic (exact) mass is 401 g/mol. The summed E-state index contributed by atoms with van der Waals surface area (Å²) in [4.78, 5) is 20.7. The Kier molecular flexibility index (Phi) is 5.42. The van der Waals surface area contributed by atoms with Gasteiger partial charge in [0.2, 0.25) is 0 Å².